The van der Waals surface area contributed by atoms with Crippen LogP contribution in [0, 0.1) is 13.8 Å². The number of rotatable bonds is 6. The van der Waals surface area contributed by atoms with Crippen molar-refractivity contribution in [1.29, 1.82) is 0 Å². The molecule has 3 rings (SSSR count). The summed E-state index contributed by atoms with van der Waals surface area (Å²) in [6, 6.07) is 12.9. The Hall–Kier alpha value is -2.82. The zero-order chi connectivity index (χ0) is 19.9. The van der Waals surface area contributed by atoms with Crippen LogP contribution in [0.2, 0.25) is 0 Å². The smallest absolute Gasteiger partial charge is 0.258 e. The van der Waals surface area contributed by atoms with Gasteiger partial charge in [-0.15, -0.1) is 0 Å². The highest BCUT2D eigenvalue weighted by molar-refractivity contribution is 6.04. The minimum Gasteiger partial charge on any atom is -0.484 e. The molecule has 1 aliphatic rings. The van der Waals surface area contributed by atoms with E-state index in [9.17, 15) is 9.59 Å². The Labute approximate surface area is 166 Å². The van der Waals surface area contributed by atoms with Gasteiger partial charge in [0.1, 0.15) is 5.75 Å². The van der Waals surface area contributed by atoms with Gasteiger partial charge in [0.05, 0.1) is 0 Å². The maximum absolute atomic E-state index is 12.5. The van der Waals surface area contributed by atoms with Crippen LogP contribution in [-0.2, 0) is 4.79 Å². The molecular formula is C23H28N2O3. The average Bonchev–Trinajstić information content (AvgIpc) is 2.71. The normalized spacial score (nSPS) is 14.4. The van der Waals surface area contributed by atoms with Gasteiger partial charge >= 0.3 is 0 Å². The number of aryl methyl sites for hydroxylation is 1. The Kier molecular flexibility index (Phi) is 6.69. The fourth-order valence-corrected chi connectivity index (χ4v) is 3.45. The molecule has 2 amide bonds. The monoisotopic (exact) mass is 380 g/mol. The van der Waals surface area contributed by atoms with Gasteiger partial charge in [-0.25, -0.2) is 0 Å². The number of nitrogens with one attached hydrogen (secondary N) is 2. The Morgan fingerprint density at radius 2 is 1.71 bits per heavy atom. The van der Waals surface area contributed by atoms with Crippen molar-refractivity contribution in [2.24, 2.45) is 0 Å². The minimum absolute atomic E-state index is 0.00939. The Bertz CT molecular complexity index is 824. The third kappa shape index (κ3) is 5.35. The van der Waals surface area contributed by atoms with Crippen LogP contribution in [-0.4, -0.2) is 24.5 Å². The van der Waals surface area contributed by atoms with E-state index in [1.54, 1.807) is 24.3 Å². The van der Waals surface area contributed by atoms with Gasteiger partial charge in [-0.1, -0.05) is 31.4 Å². The van der Waals surface area contributed by atoms with Crippen molar-refractivity contribution in [3.8, 4) is 5.75 Å². The molecule has 28 heavy (non-hydrogen) atoms. The van der Waals surface area contributed by atoms with E-state index < -0.39 is 0 Å². The lowest BCUT2D eigenvalue weighted by Gasteiger charge is -2.22. The molecule has 0 saturated heterocycles. The summed E-state index contributed by atoms with van der Waals surface area (Å²) in [5.41, 5.74) is 3.54. The van der Waals surface area contributed by atoms with Gasteiger partial charge < -0.3 is 15.4 Å². The molecule has 0 aromatic heterocycles. The minimum atomic E-state index is -0.171. The van der Waals surface area contributed by atoms with Crippen LogP contribution in [0.5, 0.6) is 5.75 Å². The first kappa shape index (κ1) is 19.9. The molecule has 0 aliphatic heterocycles. The molecule has 2 N–H and O–H groups in total. The zero-order valence-corrected chi connectivity index (χ0v) is 16.6. The van der Waals surface area contributed by atoms with Crippen molar-refractivity contribution in [3.63, 3.8) is 0 Å². The molecule has 2 aromatic carbocycles. The number of amides is 2. The van der Waals surface area contributed by atoms with Crippen molar-refractivity contribution in [1.82, 2.24) is 5.32 Å². The summed E-state index contributed by atoms with van der Waals surface area (Å²) in [6.07, 6.45) is 5.72. The second-order valence-corrected chi connectivity index (χ2v) is 7.42. The largest absolute Gasteiger partial charge is 0.484 e. The fourth-order valence-electron chi connectivity index (χ4n) is 3.45. The van der Waals surface area contributed by atoms with E-state index in [2.05, 4.69) is 10.6 Å². The highest BCUT2D eigenvalue weighted by Gasteiger charge is 2.16. The molecule has 0 atom stereocenters. The van der Waals surface area contributed by atoms with E-state index in [4.69, 9.17) is 4.74 Å². The Balaban J connectivity index is 1.50. The fraction of sp³-hybridized carbons (Fsp3) is 0.391. The third-order valence-electron chi connectivity index (χ3n) is 5.31. The lowest BCUT2D eigenvalue weighted by atomic mass is 9.95. The van der Waals surface area contributed by atoms with E-state index in [0.29, 0.717) is 11.3 Å². The Morgan fingerprint density at radius 3 is 2.43 bits per heavy atom. The highest BCUT2D eigenvalue weighted by Crippen LogP contribution is 2.20. The van der Waals surface area contributed by atoms with Crippen molar-refractivity contribution >= 4 is 17.5 Å². The molecule has 148 valence electrons. The summed E-state index contributed by atoms with van der Waals surface area (Å²) >= 11 is 0. The molecule has 0 heterocycles. The lowest BCUT2D eigenvalue weighted by molar-refractivity contribution is -0.124. The van der Waals surface area contributed by atoms with Gasteiger partial charge in [0.25, 0.3) is 11.8 Å². The van der Waals surface area contributed by atoms with Crippen LogP contribution in [0.3, 0.4) is 0 Å². The maximum Gasteiger partial charge on any atom is 0.258 e. The summed E-state index contributed by atoms with van der Waals surface area (Å²) in [6.45, 7) is 3.99. The summed E-state index contributed by atoms with van der Waals surface area (Å²) in [7, 11) is 0. The van der Waals surface area contributed by atoms with Gasteiger partial charge in [-0.2, -0.15) is 0 Å². The molecule has 5 nitrogen and oxygen atoms in total. The first-order valence-corrected chi connectivity index (χ1v) is 9.93. The van der Waals surface area contributed by atoms with Crippen LogP contribution in [0.25, 0.3) is 0 Å². The van der Waals surface area contributed by atoms with Gasteiger partial charge in [-0.05, 0) is 68.1 Å². The van der Waals surface area contributed by atoms with E-state index >= 15 is 0 Å². The quantitative estimate of drug-likeness (QED) is 0.781. The number of benzene rings is 2. The standard InChI is InChI=1S/C23H28N2O3/c1-16-7-6-10-21(17(16)2)25-23(27)18-11-13-20(14-12-18)28-15-22(26)24-19-8-4-3-5-9-19/h6-7,10-14,19H,3-5,8-9,15H2,1-2H3,(H,24,26)(H,25,27). The average molecular weight is 380 g/mol. The van der Waals surface area contributed by atoms with Crippen LogP contribution >= 0.6 is 0 Å². The second-order valence-electron chi connectivity index (χ2n) is 7.42. The molecule has 0 unspecified atom stereocenters. The summed E-state index contributed by atoms with van der Waals surface area (Å²) in [4.78, 5) is 24.5. The molecule has 5 heteroatoms. The van der Waals surface area contributed by atoms with Crippen molar-refractivity contribution in [2.75, 3.05) is 11.9 Å². The Morgan fingerprint density at radius 1 is 1.00 bits per heavy atom. The van der Waals surface area contributed by atoms with Crippen molar-refractivity contribution < 1.29 is 14.3 Å². The molecule has 0 radical (unpaired) electrons. The predicted molar refractivity (Wildman–Crippen MR) is 111 cm³/mol. The van der Waals surface area contributed by atoms with Crippen LogP contribution in [0.1, 0.15) is 53.6 Å². The molecule has 1 fully saturated rings. The number of anilines is 1. The van der Waals surface area contributed by atoms with Gasteiger partial charge in [0.15, 0.2) is 6.61 Å². The first-order chi connectivity index (χ1) is 13.5. The number of hydrogen-bond donors (Lipinski definition) is 2. The number of ether oxygens (including phenoxy) is 1. The summed E-state index contributed by atoms with van der Waals surface area (Å²) < 4.78 is 5.55. The van der Waals surface area contributed by atoms with Crippen LogP contribution in [0.15, 0.2) is 42.5 Å². The van der Waals surface area contributed by atoms with E-state index in [-0.39, 0.29) is 24.5 Å². The molecule has 0 bridgehead atoms. The third-order valence-corrected chi connectivity index (χ3v) is 5.31. The van der Waals surface area contributed by atoms with Crippen molar-refractivity contribution in [2.45, 2.75) is 52.0 Å². The summed E-state index contributed by atoms with van der Waals surface area (Å²) in [5.74, 6) is 0.306. The highest BCUT2D eigenvalue weighted by atomic mass is 16.5. The SMILES string of the molecule is Cc1cccc(NC(=O)c2ccc(OCC(=O)NC3CCCCC3)cc2)c1C. The zero-order valence-electron chi connectivity index (χ0n) is 16.6. The molecule has 0 spiro atoms. The van der Waals surface area contributed by atoms with Crippen molar-refractivity contribution in [3.05, 3.63) is 59.2 Å². The van der Waals surface area contributed by atoms with Gasteiger partial charge in [-0.3, -0.25) is 9.59 Å². The van der Waals surface area contributed by atoms with Crippen LogP contribution in [0.4, 0.5) is 5.69 Å². The number of carbonyl (C=O) groups excluding carboxylic acids is 2. The number of hydrogen-bond acceptors (Lipinski definition) is 3. The molecule has 2 aromatic rings. The first-order valence-electron chi connectivity index (χ1n) is 9.93. The lowest BCUT2D eigenvalue weighted by Crippen LogP contribution is -2.38. The molecular weight excluding hydrogens is 352 g/mol. The van der Waals surface area contributed by atoms with Gasteiger partial charge in [0.2, 0.25) is 0 Å². The maximum atomic E-state index is 12.5. The predicted octanol–water partition coefficient (Wildman–Crippen LogP) is 4.38. The van der Waals surface area contributed by atoms with E-state index in [0.717, 1.165) is 29.7 Å². The van der Waals surface area contributed by atoms with Crippen LogP contribution < -0.4 is 15.4 Å². The molecule has 1 saturated carbocycles. The summed E-state index contributed by atoms with van der Waals surface area (Å²) in [5, 5.41) is 5.97. The van der Waals surface area contributed by atoms with E-state index in [1.165, 1.54) is 19.3 Å². The van der Waals surface area contributed by atoms with E-state index in [1.807, 2.05) is 32.0 Å². The second kappa shape index (κ2) is 9.40. The number of carbonyl (C=O) groups is 2. The topological polar surface area (TPSA) is 67.4 Å². The van der Waals surface area contributed by atoms with Gasteiger partial charge in [0, 0.05) is 17.3 Å². The molecule has 1 aliphatic carbocycles.